The summed E-state index contributed by atoms with van der Waals surface area (Å²) in [5.41, 5.74) is 27.8. The minimum Gasteiger partial charge on any atom is -0.0616 e. The average molecular weight is 961 g/mol. The van der Waals surface area contributed by atoms with Crippen molar-refractivity contribution < 1.29 is 0 Å². The van der Waals surface area contributed by atoms with Crippen molar-refractivity contribution >= 4 is 32.3 Å². The SMILES string of the molecule is CC(C)(C)c1ccc(-c2c3c(c(-c4ccc(C(C)(C)C)cc4)c4ccccc24)-c2ccc4c5c(ccc-3c25)-c2c-4c(-c3ccc(C(C)(C)C)cc3)c3cc(C(C)(C)C)ccc3c2-c2ccc(C(C)(C)C)cc2)cc1. The van der Waals surface area contributed by atoms with Gasteiger partial charge in [-0.3, -0.25) is 0 Å². The van der Waals surface area contributed by atoms with E-state index in [1.165, 1.54) is 149 Å². The van der Waals surface area contributed by atoms with Gasteiger partial charge in [-0.1, -0.05) is 262 Å². The molecular formula is C74H72. The third-order valence-corrected chi connectivity index (χ3v) is 16.8. The minimum atomic E-state index is -0.0362. The van der Waals surface area contributed by atoms with Gasteiger partial charge in [-0.2, -0.15) is 0 Å². The highest BCUT2D eigenvalue weighted by Crippen LogP contribution is 2.64. The van der Waals surface area contributed by atoms with E-state index >= 15 is 0 Å². The van der Waals surface area contributed by atoms with Gasteiger partial charge in [-0.05, 0) is 182 Å². The summed E-state index contributed by atoms with van der Waals surface area (Å²) in [4.78, 5) is 0. The molecule has 0 radical (unpaired) electrons. The van der Waals surface area contributed by atoms with Crippen LogP contribution < -0.4 is 0 Å². The molecule has 74 heavy (non-hydrogen) atoms. The Kier molecular flexibility index (Phi) is 10.5. The Hall–Kier alpha value is -7.02. The summed E-state index contributed by atoms with van der Waals surface area (Å²) in [6.45, 7) is 34.8. The van der Waals surface area contributed by atoms with Gasteiger partial charge in [-0.25, -0.2) is 0 Å². The second-order valence-corrected chi connectivity index (χ2v) is 26.9. The zero-order valence-corrected chi connectivity index (χ0v) is 46.6. The first kappa shape index (κ1) is 48.0. The summed E-state index contributed by atoms with van der Waals surface area (Å²) >= 11 is 0. The second-order valence-electron chi connectivity index (χ2n) is 26.9. The van der Waals surface area contributed by atoms with Gasteiger partial charge in [0.25, 0.3) is 0 Å². The molecule has 0 heterocycles. The van der Waals surface area contributed by atoms with Gasteiger partial charge in [0.15, 0.2) is 0 Å². The Bertz CT molecular complexity index is 3820. The first-order valence-corrected chi connectivity index (χ1v) is 27.2. The van der Waals surface area contributed by atoms with Crippen LogP contribution in [-0.4, -0.2) is 0 Å². The molecule has 0 heteroatoms. The van der Waals surface area contributed by atoms with Crippen LogP contribution in [0.25, 0.3) is 121 Å². The van der Waals surface area contributed by atoms with E-state index in [2.05, 4.69) is 268 Å². The third kappa shape index (κ3) is 7.45. The van der Waals surface area contributed by atoms with Crippen molar-refractivity contribution in [1.29, 1.82) is 0 Å². The van der Waals surface area contributed by atoms with Crippen molar-refractivity contribution in [3.8, 4) is 89.0 Å². The number of rotatable bonds is 4. The fourth-order valence-electron chi connectivity index (χ4n) is 12.5. The molecule has 0 spiro atoms. The molecule has 0 nitrogen and oxygen atoms in total. The van der Waals surface area contributed by atoms with E-state index < -0.39 is 0 Å². The van der Waals surface area contributed by atoms with Crippen LogP contribution in [0.3, 0.4) is 0 Å². The molecule has 0 amide bonds. The molecule has 0 unspecified atom stereocenters. The van der Waals surface area contributed by atoms with Gasteiger partial charge in [0.1, 0.15) is 0 Å². The van der Waals surface area contributed by atoms with Crippen LogP contribution in [0.1, 0.15) is 132 Å². The van der Waals surface area contributed by atoms with E-state index in [0.29, 0.717) is 0 Å². The standard InChI is InChI=1S/C74H72/c1-70(2,3)47-28-20-43(21-29-47)60-52-18-16-17-19-53(52)61(44-22-30-48(31-23-44)71(4,5)6)67-56-40-41-58-65-57(39-38-55(64(56)65)66(60)67)68-62(45-24-32-49(33-25-45)72(7,8)9)54-37-36-51(74(13,14)15)42-59(54)63(69(58)68)46-26-34-50(35-27-46)73(10,11)12/h16-42H,1-15H3. The van der Waals surface area contributed by atoms with E-state index in [-0.39, 0.29) is 27.1 Å². The molecular weight excluding hydrogens is 889 g/mol. The smallest absolute Gasteiger partial charge is 0.000740 e. The molecule has 0 N–H and O–H groups in total. The lowest BCUT2D eigenvalue weighted by Crippen LogP contribution is -2.11. The second kappa shape index (κ2) is 16.2. The molecule has 368 valence electrons. The van der Waals surface area contributed by atoms with E-state index in [1.807, 2.05) is 0 Å². The Balaban J connectivity index is 1.23. The fraction of sp³-hybridized carbons (Fsp3) is 0.270. The van der Waals surface area contributed by atoms with E-state index in [4.69, 9.17) is 0 Å². The van der Waals surface area contributed by atoms with Crippen molar-refractivity contribution in [1.82, 2.24) is 0 Å². The van der Waals surface area contributed by atoms with Gasteiger partial charge in [0, 0.05) is 0 Å². The van der Waals surface area contributed by atoms with Crippen LogP contribution >= 0.6 is 0 Å². The quantitative estimate of drug-likeness (QED) is 0.165. The van der Waals surface area contributed by atoms with Crippen LogP contribution in [0, 0.1) is 0 Å². The van der Waals surface area contributed by atoms with Crippen molar-refractivity contribution in [3.63, 3.8) is 0 Å². The van der Waals surface area contributed by atoms with E-state index in [0.717, 1.165) is 0 Å². The molecule has 0 bridgehead atoms. The fourth-order valence-corrected chi connectivity index (χ4v) is 12.5. The van der Waals surface area contributed by atoms with Gasteiger partial charge in [0.05, 0.1) is 0 Å². The monoisotopic (exact) mass is 961 g/mol. The molecule has 12 rings (SSSR count). The molecule has 0 fully saturated rings. The van der Waals surface area contributed by atoms with E-state index in [9.17, 15) is 0 Å². The molecule has 0 aliphatic heterocycles. The molecule has 10 aromatic carbocycles. The van der Waals surface area contributed by atoms with Crippen LogP contribution in [-0.2, 0) is 27.1 Å². The highest BCUT2D eigenvalue weighted by atomic mass is 14.4. The van der Waals surface area contributed by atoms with Crippen LogP contribution in [0.4, 0.5) is 0 Å². The summed E-state index contributed by atoms with van der Waals surface area (Å²) in [6.07, 6.45) is 0. The normalized spacial score (nSPS) is 13.3. The molecule has 0 aromatic heterocycles. The topological polar surface area (TPSA) is 0 Å². The zero-order chi connectivity index (χ0) is 52.2. The summed E-state index contributed by atoms with van der Waals surface area (Å²) in [6, 6.07) is 64.7. The predicted octanol–water partition coefficient (Wildman–Crippen LogP) is 21.6. The maximum atomic E-state index is 2.53. The molecule has 0 atom stereocenters. The maximum Gasteiger partial charge on any atom is -0.000740 e. The van der Waals surface area contributed by atoms with Crippen molar-refractivity contribution in [3.05, 3.63) is 192 Å². The Morgan fingerprint density at radius 3 is 0.689 bits per heavy atom. The molecule has 2 aliphatic rings. The third-order valence-electron chi connectivity index (χ3n) is 16.8. The summed E-state index contributed by atoms with van der Waals surface area (Å²) in [5.74, 6) is 0. The molecule has 0 saturated heterocycles. The summed E-state index contributed by atoms with van der Waals surface area (Å²) < 4.78 is 0. The maximum absolute atomic E-state index is 2.53. The number of fused-ring (bicyclic) bond motifs is 8. The highest BCUT2D eigenvalue weighted by Gasteiger charge is 2.38. The lowest BCUT2D eigenvalue weighted by molar-refractivity contribution is 0.590. The van der Waals surface area contributed by atoms with Gasteiger partial charge >= 0.3 is 0 Å². The minimum absolute atomic E-state index is 0.0362. The van der Waals surface area contributed by atoms with Crippen molar-refractivity contribution in [2.45, 2.75) is 131 Å². The Morgan fingerprint density at radius 2 is 0.432 bits per heavy atom. The lowest BCUT2D eigenvalue weighted by atomic mass is 9.78. The zero-order valence-electron chi connectivity index (χ0n) is 46.6. The Morgan fingerprint density at radius 1 is 0.203 bits per heavy atom. The molecule has 10 aromatic rings. The lowest BCUT2D eigenvalue weighted by Gasteiger charge is -2.25. The first-order valence-electron chi connectivity index (χ1n) is 27.2. The van der Waals surface area contributed by atoms with Gasteiger partial charge < -0.3 is 0 Å². The summed E-state index contributed by atoms with van der Waals surface area (Å²) in [7, 11) is 0. The highest BCUT2D eigenvalue weighted by molar-refractivity contribution is 6.35. The van der Waals surface area contributed by atoms with E-state index in [1.54, 1.807) is 0 Å². The number of benzene rings is 10. The number of hydrogen-bond donors (Lipinski definition) is 0. The molecule has 0 saturated carbocycles. The van der Waals surface area contributed by atoms with Crippen molar-refractivity contribution in [2.75, 3.05) is 0 Å². The van der Waals surface area contributed by atoms with Crippen LogP contribution in [0.2, 0.25) is 0 Å². The average Bonchev–Trinajstić information content (AvgIpc) is 3.87. The molecule has 2 aliphatic carbocycles. The predicted molar refractivity (Wildman–Crippen MR) is 323 cm³/mol. The van der Waals surface area contributed by atoms with Crippen LogP contribution in [0.15, 0.2) is 164 Å². The largest absolute Gasteiger partial charge is 0.0616 e. The van der Waals surface area contributed by atoms with Crippen LogP contribution in [0.5, 0.6) is 0 Å². The number of hydrogen-bond acceptors (Lipinski definition) is 0. The van der Waals surface area contributed by atoms with Gasteiger partial charge in [-0.15, -0.1) is 0 Å². The summed E-state index contributed by atoms with van der Waals surface area (Å²) in [5, 5.41) is 7.92. The van der Waals surface area contributed by atoms with Crippen molar-refractivity contribution in [2.24, 2.45) is 0 Å². The first-order chi connectivity index (χ1) is 34.9. The van der Waals surface area contributed by atoms with Gasteiger partial charge in [0.2, 0.25) is 0 Å². The Labute approximate surface area is 441 Å².